The molecule has 0 saturated heterocycles. The Hall–Kier alpha value is -2.15. The molecule has 0 bridgehead atoms. The molecular formula is C23H35N3O6S3. The summed E-state index contributed by atoms with van der Waals surface area (Å²) in [6, 6.07) is 10.9. The van der Waals surface area contributed by atoms with Gasteiger partial charge in [-0.05, 0) is 59.1 Å². The summed E-state index contributed by atoms with van der Waals surface area (Å²) in [4.78, 5) is 5.15. The normalized spacial score (nSPS) is 14.2. The highest BCUT2D eigenvalue weighted by atomic mass is 32.2. The lowest BCUT2D eigenvalue weighted by Gasteiger charge is -2.27. The summed E-state index contributed by atoms with van der Waals surface area (Å²) in [6.45, 7) is 7.83. The molecule has 35 heavy (non-hydrogen) atoms. The first-order chi connectivity index (χ1) is 16.1. The van der Waals surface area contributed by atoms with Crippen LogP contribution in [0.1, 0.15) is 39.7 Å². The van der Waals surface area contributed by atoms with Gasteiger partial charge in [0.05, 0.1) is 38.0 Å². The van der Waals surface area contributed by atoms with Crippen LogP contribution in [0.5, 0.6) is 5.75 Å². The molecule has 0 amide bonds. The van der Waals surface area contributed by atoms with E-state index < -0.39 is 29.8 Å². The molecule has 2 aromatic rings. The van der Waals surface area contributed by atoms with Gasteiger partial charge in [0.25, 0.3) is 10.0 Å². The molecule has 1 N–H and O–H groups in total. The molecule has 0 aliphatic carbocycles. The lowest BCUT2D eigenvalue weighted by atomic mass is 10.1. The van der Waals surface area contributed by atoms with Gasteiger partial charge in [-0.25, -0.2) is 25.8 Å². The molecule has 1 atom stereocenters. The summed E-state index contributed by atoms with van der Waals surface area (Å²) in [5, 5.41) is 0. The van der Waals surface area contributed by atoms with Crippen LogP contribution in [0, 0.1) is 10.7 Å². The van der Waals surface area contributed by atoms with Gasteiger partial charge < -0.3 is 4.84 Å². The van der Waals surface area contributed by atoms with Gasteiger partial charge in [0.1, 0.15) is 0 Å². The van der Waals surface area contributed by atoms with Crippen LogP contribution < -0.4 is 9.14 Å². The molecule has 2 aromatic carbocycles. The van der Waals surface area contributed by atoms with Crippen LogP contribution in [0.3, 0.4) is 0 Å². The van der Waals surface area contributed by atoms with Gasteiger partial charge in [-0.1, -0.05) is 39.8 Å². The first-order valence-electron chi connectivity index (χ1n) is 11.3. The van der Waals surface area contributed by atoms with Gasteiger partial charge >= 0.3 is 0 Å². The molecule has 0 aliphatic heterocycles. The van der Waals surface area contributed by atoms with Gasteiger partial charge in [0, 0.05) is 12.8 Å². The zero-order valence-corrected chi connectivity index (χ0v) is 23.5. The number of hydroxylamine groups is 1. The predicted octanol–water partition coefficient (Wildman–Crippen LogP) is 4.10. The van der Waals surface area contributed by atoms with Crippen molar-refractivity contribution in [2.75, 3.05) is 29.9 Å². The molecule has 1 unspecified atom stereocenters. The highest BCUT2D eigenvalue weighted by molar-refractivity contribution is 7.93. The molecule has 0 saturated carbocycles. The Morgan fingerprint density at radius 3 is 2.00 bits per heavy atom. The third kappa shape index (κ3) is 7.42. The quantitative estimate of drug-likeness (QED) is 0.400. The SMILES string of the molecule is CCCN(Oc1ccc(S(=O)(=O)N(CC(C)C)c2ccc(CC)cc2)cc1S(C)(=N)=O)S(C)(=O)=O. The van der Waals surface area contributed by atoms with Crippen LogP contribution in [0.4, 0.5) is 5.69 Å². The molecule has 0 radical (unpaired) electrons. The van der Waals surface area contributed by atoms with Crippen LogP contribution in [0.2, 0.25) is 0 Å². The van der Waals surface area contributed by atoms with E-state index in [4.69, 9.17) is 9.62 Å². The maximum absolute atomic E-state index is 13.7. The van der Waals surface area contributed by atoms with E-state index in [1.54, 1.807) is 19.1 Å². The first-order valence-corrected chi connectivity index (χ1v) is 16.5. The maximum atomic E-state index is 13.7. The summed E-state index contributed by atoms with van der Waals surface area (Å²) in [5.74, 6) is -0.130. The standard InChI is InChI=1S/C23H35N3O6S3/c1-7-15-26(34(6,28)29)32-22-14-13-21(16-23(22)33(5,24)27)35(30,31)25(17-18(3)4)20-11-9-19(8-2)10-12-20/h9-14,16,18,24H,7-8,15,17H2,1-6H3. The number of aryl methyl sites for hydroxylation is 1. The van der Waals surface area contributed by atoms with Crippen molar-refractivity contribution >= 4 is 35.5 Å². The largest absolute Gasteiger partial charge is 0.390 e. The molecule has 0 spiro atoms. The molecule has 2 rings (SSSR count). The minimum absolute atomic E-state index is 0.0154. The minimum Gasteiger partial charge on any atom is -0.390 e. The zero-order chi connectivity index (χ0) is 26.6. The highest BCUT2D eigenvalue weighted by Gasteiger charge is 2.29. The van der Waals surface area contributed by atoms with Crippen LogP contribution in [0.25, 0.3) is 0 Å². The summed E-state index contributed by atoms with van der Waals surface area (Å²) in [6.07, 6.45) is 3.38. The second kappa shape index (κ2) is 11.3. The molecule has 0 heterocycles. The van der Waals surface area contributed by atoms with E-state index in [2.05, 4.69) is 0 Å². The molecular weight excluding hydrogens is 510 g/mol. The number of hydrogen-bond acceptors (Lipinski definition) is 7. The number of hydrogen-bond donors (Lipinski definition) is 1. The van der Waals surface area contributed by atoms with E-state index in [9.17, 15) is 21.0 Å². The summed E-state index contributed by atoms with van der Waals surface area (Å²) in [5.41, 5.74) is 1.56. The van der Waals surface area contributed by atoms with Crippen molar-refractivity contribution in [2.24, 2.45) is 5.92 Å². The second-order valence-electron chi connectivity index (χ2n) is 8.78. The third-order valence-electron chi connectivity index (χ3n) is 5.06. The Kier molecular flexibility index (Phi) is 9.37. The highest BCUT2D eigenvalue weighted by Crippen LogP contribution is 2.32. The van der Waals surface area contributed by atoms with Crippen molar-refractivity contribution < 1.29 is 25.9 Å². The average molecular weight is 546 g/mol. The smallest absolute Gasteiger partial charge is 0.264 e. The minimum atomic E-state index is -4.10. The van der Waals surface area contributed by atoms with Gasteiger partial charge in [-0.2, -0.15) is 0 Å². The van der Waals surface area contributed by atoms with Crippen molar-refractivity contribution in [1.82, 2.24) is 4.47 Å². The van der Waals surface area contributed by atoms with Crippen molar-refractivity contribution in [2.45, 2.75) is 50.3 Å². The zero-order valence-electron chi connectivity index (χ0n) is 21.0. The molecule has 12 heteroatoms. The van der Waals surface area contributed by atoms with Crippen LogP contribution in [-0.2, 0) is 36.2 Å². The molecule has 9 nitrogen and oxygen atoms in total. The number of rotatable bonds is 12. The molecule has 0 fully saturated rings. The van der Waals surface area contributed by atoms with Crippen LogP contribution >= 0.6 is 0 Å². The molecule has 0 aromatic heterocycles. The first kappa shape index (κ1) is 29.1. The summed E-state index contributed by atoms with van der Waals surface area (Å²) < 4.78 is 74.5. The number of nitrogens with zero attached hydrogens (tertiary/aromatic N) is 2. The Labute approximate surface area is 210 Å². The lowest BCUT2D eigenvalue weighted by molar-refractivity contribution is 0.0335. The van der Waals surface area contributed by atoms with E-state index in [0.717, 1.165) is 35.0 Å². The number of sulfonamides is 2. The van der Waals surface area contributed by atoms with Gasteiger partial charge in [-0.15, -0.1) is 0 Å². The van der Waals surface area contributed by atoms with E-state index in [-0.39, 0.29) is 34.5 Å². The topological polar surface area (TPSA) is 125 Å². The van der Waals surface area contributed by atoms with Crippen molar-refractivity contribution in [3.8, 4) is 5.75 Å². The fraction of sp³-hybridized carbons (Fsp3) is 0.478. The van der Waals surface area contributed by atoms with Crippen molar-refractivity contribution in [1.29, 1.82) is 4.78 Å². The van der Waals surface area contributed by atoms with Crippen LogP contribution in [0.15, 0.2) is 52.3 Å². The Bertz CT molecular complexity index is 1340. The molecule has 196 valence electrons. The Morgan fingerprint density at radius 2 is 1.54 bits per heavy atom. The summed E-state index contributed by atoms with van der Waals surface area (Å²) in [7, 11) is -11.3. The number of benzene rings is 2. The Balaban J connectivity index is 2.63. The molecule has 0 aliphatic rings. The fourth-order valence-corrected chi connectivity index (χ4v) is 6.60. The average Bonchev–Trinajstić information content (AvgIpc) is 2.76. The predicted molar refractivity (Wildman–Crippen MR) is 139 cm³/mol. The number of nitrogens with one attached hydrogen (secondary N) is 1. The van der Waals surface area contributed by atoms with Gasteiger partial charge in [0.2, 0.25) is 10.0 Å². The Morgan fingerprint density at radius 1 is 0.943 bits per heavy atom. The van der Waals surface area contributed by atoms with E-state index in [1.165, 1.54) is 16.4 Å². The fourth-order valence-electron chi connectivity index (χ4n) is 3.30. The summed E-state index contributed by atoms with van der Waals surface area (Å²) >= 11 is 0. The number of anilines is 1. The van der Waals surface area contributed by atoms with Crippen molar-refractivity contribution in [3.05, 3.63) is 48.0 Å². The second-order valence-corrected chi connectivity index (χ2v) is 14.6. The van der Waals surface area contributed by atoms with E-state index in [0.29, 0.717) is 12.1 Å². The van der Waals surface area contributed by atoms with Gasteiger partial charge in [-0.3, -0.25) is 4.31 Å². The van der Waals surface area contributed by atoms with E-state index >= 15 is 0 Å². The van der Waals surface area contributed by atoms with Crippen molar-refractivity contribution in [3.63, 3.8) is 0 Å². The third-order valence-corrected chi connectivity index (χ3v) is 9.01. The maximum Gasteiger partial charge on any atom is 0.264 e. The van der Waals surface area contributed by atoms with Gasteiger partial charge in [0.15, 0.2) is 5.75 Å². The van der Waals surface area contributed by atoms with E-state index in [1.807, 2.05) is 32.9 Å². The monoisotopic (exact) mass is 545 g/mol. The lowest BCUT2D eigenvalue weighted by Crippen LogP contribution is -2.35. The van der Waals surface area contributed by atoms with Crippen LogP contribution in [-0.4, -0.2) is 51.1 Å².